The highest BCUT2D eigenvalue weighted by Crippen LogP contribution is 2.40. The van der Waals surface area contributed by atoms with Crippen molar-refractivity contribution >= 4 is 23.8 Å². The molecule has 4 rings (SSSR count). The number of rotatable bonds is 4. The van der Waals surface area contributed by atoms with E-state index in [1.54, 1.807) is 6.20 Å². The number of hydrogen-bond donors (Lipinski definition) is 3. The molecule has 0 radical (unpaired) electrons. The first-order valence-electron chi connectivity index (χ1n) is 12.2. The second-order valence-electron chi connectivity index (χ2n) is 9.44. The number of alkyl halides is 6. The highest BCUT2D eigenvalue weighted by atomic mass is 19.4. The van der Waals surface area contributed by atoms with Crippen LogP contribution in [0.5, 0.6) is 0 Å². The van der Waals surface area contributed by atoms with Gasteiger partial charge in [-0.2, -0.15) is 26.3 Å². The number of carbonyl (C=O) groups is 3. The lowest BCUT2D eigenvalue weighted by molar-refractivity contribution is -0.193. The smallest absolute Gasteiger partial charge is 0.475 e. The fourth-order valence-electron chi connectivity index (χ4n) is 3.83. The number of hydrogen-bond acceptors (Lipinski definition) is 8. The summed E-state index contributed by atoms with van der Waals surface area (Å²) in [5, 5.41) is 17.2. The van der Waals surface area contributed by atoms with Gasteiger partial charge in [0.25, 0.3) is 5.91 Å². The first kappa shape index (κ1) is 34.2. The molecule has 12 nitrogen and oxygen atoms in total. The molecule has 1 unspecified atom stereocenters. The molecule has 2 aliphatic heterocycles. The third kappa shape index (κ3) is 9.52. The quantitative estimate of drug-likeness (QED) is 0.436. The highest BCUT2D eigenvalue weighted by Gasteiger charge is 2.47. The van der Waals surface area contributed by atoms with Gasteiger partial charge in [0.2, 0.25) is 5.95 Å². The predicted octanol–water partition coefficient (Wildman–Crippen LogP) is 2.75. The van der Waals surface area contributed by atoms with Crippen LogP contribution < -0.4 is 10.2 Å². The first-order chi connectivity index (χ1) is 19.4. The van der Waals surface area contributed by atoms with Crippen LogP contribution in [0.3, 0.4) is 0 Å². The Bertz CT molecular complexity index is 1190. The molecule has 4 heterocycles. The van der Waals surface area contributed by atoms with Gasteiger partial charge in [-0.05, 0) is 5.92 Å². The second kappa shape index (κ2) is 13.8. The van der Waals surface area contributed by atoms with Gasteiger partial charge in [0.05, 0.1) is 18.9 Å². The number of ether oxygens (including phenoxy) is 1. The zero-order valence-electron chi connectivity index (χ0n) is 22.1. The molecular weight excluding hydrogens is 589 g/mol. The maximum atomic E-state index is 13.1. The van der Waals surface area contributed by atoms with Gasteiger partial charge in [0.15, 0.2) is 11.9 Å². The van der Waals surface area contributed by atoms with Gasteiger partial charge in [-0.25, -0.2) is 28.9 Å². The lowest BCUT2D eigenvalue weighted by Gasteiger charge is -2.45. The average molecular weight is 616 g/mol. The molecule has 234 valence electrons. The molecule has 2 aliphatic rings. The fraction of sp³-hybridized carbons (Fsp3) is 0.565. The number of halogens is 7. The Morgan fingerprint density at radius 2 is 1.52 bits per heavy atom. The van der Waals surface area contributed by atoms with Gasteiger partial charge >= 0.3 is 24.3 Å². The molecule has 3 N–H and O–H groups in total. The number of amides is 1. The standard InChI is InChI=1S/C19H25FN6O2.2C2HF3O2/c1-13(2)9-22-16(27)15-12-26-8-5-21-17(26)19(28-15)3-6-25(7-4-19)18-23-10-14(20)11-24-18;2*3-2(4,5)1(6)7/h5,8,10-11,13,15H,3-4,6-7,9,12H2,1-2H3,(H,22,27);2*(H,6,7). The summed E-state index contributed by atoms with van der Waals surface area (Å²) in [5.74, 6) is -4.31. The van der Waals surface area contributed by atoms with E-state index >= 15 is 0 Å². The van der Waals surface area contributed by atoms with Crippen molar-refractivity contribution in [3.8, 4) is 0 Å². The largest absolute Gasteiger partial charge is 0.490 e. The number of aromatic nitrogens is 4. The van der Waals surface area contributed by atoms with Crippen LogP contribution in [0.15, 0.2) is 24.8 Å². The molecule has 0 aromatic carbocycles. The number of aliphatic carboxylic acids is 2. The molecule has 0 aliphatic carbocycles. The summed E-state index contributed by atoms with van der Waals surface area (Å²) < 4.78 is 85.0. The van der Waals surface area contributed by atoms with E-state index in [4.69, 9.17) is 24.5 Å². The normalized spacial score (nSPS) is 17.8. The van der Waals surface area contributed by atoms with Gasteiger partial charge in [-0.1, -0.05) is 13.8 Å². The Balaban J connectivity index is 0.000000367. The third-order valence-corrected chi connectivity index (χ3v) is 5.78. The van der Waals surface area contributed by atoms with Gasteiger partial charge in [0.1, 0.15) is 11.4 Å². The minimum absolute atomic E-state index is 0.0864. The van der Waals surface area contributed by atoms with Crippen LogP contribution in [0.1, 0.15) is 32.5 Å². The number of nitrogens with one attached hydrogen (secondary N) is 1. The number of fused-ring (bicyclic) bond motifs is 2. The van der Waals surface area contributed by atoms with Gasteiger partial charge in [-0.15, -0.1) is 0 Å². The number of piperidine rings is 1. The zero-order chi connectivity index (χ0) is 31.9. The second-order valence-corrected chi connectivity index (χ2v) is 9.44. The third-order valence-electron chi connectivity index (χ3n) is 5.78. The van der Waals surface area contributed by atoms with Crippen LogP contribution in [0.2, 0.25) is 0 Å². The predicted molar refractivity (Wildman–Crippen MR) is 127 cm³/mol. The molecule has 42 heavy (non-hydrogen) atoms. The summed E-state index contributed by atoms with van der Waals surface area (Å²) in [6, 6.07) is 0. The van der Waals surface area contributed by atoms with Crippen molar-refractivity contribution in [1.29, 1.82) is 0 Å². The van der Waals surface area contributed by atoms with Crippen LogP contribution in [-0.4, -0.2) is 85.7 Å². The Morgan fingerprint density at radius 1 is 1.02 bits per heavy atom. The summed E-state index contributed by atoms with van der Waals surface area (Å²) in [7, 11) is 0. The molecular formula is C23H27F7N6O6. The van der Waals surface area contributed by atoms with Crippen molar-refractivity contribution in [3.05, 3.63) is 36.4 Å². The van der Waals surface area contributed by atoms with Crippen molar-refractivity contribution in [2.75, 3.05) is 24.5 Å². The summed E-state index contributed by atoms with van der Waals surface area (Å²) in [6.45, 7) is 6.48. The van der Waals surface area contributed by atoms with Crippen LogP contribution >= 0.6 is 0 Å². The number of carboxylic acid groups (broad SMARTS) is 2. The summed E-state index contributed by atoms with van der Waals surface area (Å²) in [4.78, 5) is 45.1. The topological polar surface area (TPSA) is 160 Å². The number of carboxylic acids is 2. The molecule has 2 aromatic heterocycles. The van der Waals surface area contributed by atoms with Gasteiger partial charge in [-0.3, -0.25) is 4.79 Å². The van der Waals surface area contributed by atoms with Crippen molar-refractivity contribution in [1.82, 2.24) is 24.8 Å². The number of carbonyl (C=O) groups excluding carboxylic acids is 1. The average Bonchev–Trinajstić information content (AvgIpc) is 3.38. The molecule has 1 fully saturated rings. The Kier molecular flexibility index (Phi) is 11.2. The summed E-state index contributed by atoms with van der Waals surface area (Å²) >= 11 is 0. The van der Waals surface area contributed by atoms with Crippen molar-refractivity contribution in [3.63, 3.8) is 0 Å². The van der Waals surface area contributed by atoms with Crippen molar-refractivity contribution < 1.29 is 60.1 Å². The fourth-order valence-corrected chi connectivity index (χ4v) is 3.83. The van der Waals surface area contributed by atoms with E-state index in [2.05, 4.69) is 34.1 Å². The zero-order valence-corrected chi connectivity index (χ0v) is 22.1. The lowest BCUT2D eigenvalue weighted by Crippen LogP contribution is -2.54. The SMILES string of the molecule is CC(C)CNC(=O)C1Cn2ccnc2C2(CCN(c3ncc(F)cn3)CC2)O1.O=C(O)C(F)(F)F.O=C(O)C(F)(F)F. The molecule has 1 saturated heterocycles. The van der Waals surface area contributed by atoms with E-state index in [-0.39, 0.29) is 5.91 Å². The molecule has 0 saturated carbocycles. The van der Waals surface area contributed by atoms with Gasteiger partial charge in [0, 0.05) is 44.9 Å². The molecule has 1 amide bonds. The van der Waals surface area contributed by atoms with E-state index in [0.717, 1.165) is 5.82 Å². The van der Waals surface area contributed by atoms with Crippen molar-refractivity contribution in [2.24, 2.45) is 5.92 Å². The van der Waals surface area contributed by atoms with E-state index in [1.165, 1.54) is 12.4 Å². The Morgan fingerprint density at radius 3 is 1.98 bits per heavy atom. The lowest BCUT2D eigenvalue weighted by atomic mass is 9.88. The Hall–Kier alpha value is -4.03. The highest BCUT2D eigenvalue weighted by molar-refractivity contribution is 5.81. The maximum Gasteiger partial charge on any atom is 0.490 e. The van der Waals surface area contributed by atoms with Crippen LogP contribution in [0, 0.1) is 11.7 Å². The van der Waals surface area contributed by atoms with Crippen LogP contribution in [-0.2, 0) is 31.3 Å². The minimum Gasteiger partial charge on any atom is -0.475 e. The first-order valence-corrected chi connectivity index (χ1v) is 12.2. The number of nitrogens with zero attached hydrogens (tertiary/aromatic N) is 5. The maximum absolute atomic E-state index is 13.1. The molecule has 19 heteroatoms. The molecule has 0 bridgehead atoms. The van der Waals surface area contributed by atoms with Gasteiger partial charge < -0.3 is 29.7 Å². The molecule has 2 aromatic rings. The van der Waals surface area contributed by atoms with Crippen LogP contribution in [0.4, 0.5) is 36.7 Å². The molecule has 1 spiro atoms. The van der Waals surface area contributed by atoms with E-state index in [1.807, 2.05) is 15.7 Å². The summed E-state index contributed by atoms with van der Waals surface area (Å²) in [6.07, 6.45) is -3.41. The minimum atomic E-state index is -5.08. The van der Waals surface area contributed by atoms with Crippen molar-refractivity contribution in [2.45, 2.75) is 57.3 Å². The van der Waals surface area contributed by atoms with Crippen LogP contribution in [0.25, 0.3) is 0 Å². The molecule has 1 atom stereocenters. The van der Waals surface area contributed by atoms with E-state index in [0.29, 0.717) is 50.9 Å². The monoisotopic (exact) mass is 616 g/mol. The Labute approximate surface area is 233 Å². The summed E-state index contributed by atoms with van der Waals surface area (Å²) in [5.41, 5.74) is -0.613. The van der Waals surface area contributed by atoms with E-state index in [9.17, 15) is 35.5 Å². The number of anilines is 1. The van der Waals surface area contributed by atoms with E-state index < -0.39 is 41.8 Å². The number of imidazole rings is 1.